The van der Waals surface area contributed by atoms with E-state index in [0.29, 0.717) is 0 Å². The van der Waals surface area contributed by atoms with Gasteiger partial charge in [-0.25, -0.2) is 0 Å². The van der Waals surface area contributed by atoms with Crippen LogP contribution in [0.3, 0.4) is 0 Å². The normalized spacial score (nSPS) is 14.7. The molecule has 0 fully saturated rings. The summed E-state index contributed by atoms with van der Waals surface area (Å²) in [6.07, 6.45) is 6.81. The molecule has 0 unspecified atom stereocenters. The maximum Gasteiger partial charge on any atom is 0.133 e. The predicted molar refractivity (Wildman–Crippen MR) is 78.4 cm³/mol. The molecule has 0 spiro atoms. The fraction of sp³-hybridized carbons (Fsp3) is 0.235. The maximum absolute atomic E-state index is 5.41. The van der Waals surface area contributed by atoms with E-state index in [1.54, 1.807) is 6.26 Å². The number of benzene rings is 1. The van der Waals surface area contributed by atoms with Crippen LogP contribution in [0.4, 0.5) is 0 Å². The molecular formula is C17H17NO. The monoisotopic (exact) mass is 251 g/mol. The summed E-state index contributed by atoms with van der Waals surface area (Å²) in [4.78, 5) is 4.47. The molecule has 1 aromatic carbocycles. The second-order valence-electron chi connectivity index (χ2n) is 5.32. The maximum atomic E-state index is 5.41. The summed E-state index contributed by atoms with van der Waals surface area (Å²) in [5.74, 6) is 0.905. The van der Waals surface area contributed by atoms with Crippen LogP contribution < -0.4 is 0 Å². The number of allylic oxidation sites excluding steroid dienone is 2. The third-order valence-electron chi connectivity index (χ3n) is 3.70. The predicted octanol–water partition coefficient (Wildman–Crippen LogP) is 4.58. The number of hydrogen-bond donors (Lipinski definition) is 0. The molecule has 0 radical (unpaired) electrons. The zero-order chi connectivity index (χ0) is 13.3. The van der Waals surface area contributed by atoms with Gasteiger partial charge in [-0.1, -0.05) is 44.2 Å². The Morgan fingerprint density at radius 3 is 2.47 bits per heavy atom. The summed E-state index contributed by atoms with van der Waals surface area (Å²) >= 11 is 0. The van der Waals surface area contributed by atoms with E-state index in [2.05, 4.69) is 49.2 Å². The van der Waals surface area contributed by atoms with E-state index in [0.717, 1.165) is 23.4 Å². The van der Waals surface area contributed by atoms with Gasteiger partial charge in [-0.3, -0.25) is 4.99 Å². The Hall–Kier alpha value is -2.09. The van der Waals surface area contributed by atoms with Gasteiger partial charge < -0.3 is 4.42 Å². The van der Waals surface area contributed by atoms with Crippen molar-refractivity contribution in [2.45, 2.75) is 25.7 Å². The molecule has 2 aromatic rings. The topological polar surface area (TPSA) is 25.5 Å². The number of aliphatic imine (C=N–C) groups is 1. The summed E-state index contributed by atoms with van der Waals surface area (Å²) in [5, 5.41) is 0. The van der Waals surface area contributed by atoms with E-state index >= 15 is 0 Å². The highest BCUT2D eigenvalue weighted by atomic mass is 16.3. The van der Waals surface area contributed by atoms with Crippen molar-refractivity contribution in [1.82, 2.24) is 0 Å². The second-order valence-corrected chi connectivity index (χ2v) is 5.32. The summed E-state index contributed by atoms with van der Waals surface area (Å²) in [6, 6.07) is 12.4. The zero-order valence-corrected chi connectivity index (χ0v) is 11.3. The SMILES string of the molecule is CC(C)(C1=CCC=N1)c1ccc(-c2ccco2)cc1. The molecule has 2 nitrogen and oxygen atoms in total. The van der Waals surface area contributed by atoms with Crippen LogP contribution in [0.5, 0.6) is 0 Å². The standard InChI is InChI=1S/C17H17NO/c1-17(2,16-6-3-11-18-16)14-9-7-13(8-10-14)15-5-4-12-19-15/h4-12H,3H2,1-2H3. The molecular weight excluding hydrogens is 234 g/mol. The molecule has 0 saturated carbocycles. The molecule has 0 aliphatic carbocycles. The Kier molecular flexibility index (Phi) is 2.86. The van der Waals surface area contributed by atoms with Crippen molar-refractivity contribution in [3.05, 3.63) is 60.0 Å². The zero-order valence-electron chi connectivity index (χ0n) is 11.3. The van der Waals surface area contributed by atoms with Crippen molar-refractivity contribution in [3.63, 3.8) is 0 Å². The molecule has 2 heterocycles. The van der Waals surface area contributed by atoms with Gasteiger partial charge in [-0.15, -0.1) is 0 Å². The van der Waals surface area contributed by atoms with E-state index in [1.807, 2.05) is 18.3 Å². The third kappa shape index (κ3) is 2.14. The molecule has 0 saturated heterocycles. The fourth-order valence-corrected chi connectivity index (χ4v) is 2.43. The van der Waals surface area contributed by atoms with Crippen LogP contribution in [0.25, 0.3) is 11.3 Å². The van der Waals surface area contributed by atoms with E-state index in [-0.39, 0.29) is 5.41 Å². The second kappa shape index (κ2) is 4.54. The minimum atomic E-state index is -0.0469. The average molecular weight is 251 g/mol. The van der Waals surface area contributed by atoms with Gasteiger partial charge >= 0.3 is 0 Å². The van der Waals surface area contributed by atoms with Crippen LogP contribution in [0.2, 0.25) is 0 Å². The Labute approximate surface area is 113 Å². The van der Waals surface area contributed by atoms with Gasteiger partial charge in [-0.2, -0.15) is 0 Å². The molecule has 1 aromatic heterocycles. The smallest absolute Gasteiger partial charge is 0.133 e. The van der Waals surface area contributed by atoms with Crippen LogP contribution in [-0.2, 0) is 5.41 Å². The van der Waals surface area contributed by atoms with Crippen molar-refractivity contribution in [2.75, 3.05) is 0 Å². The van der Waals surface area contributed by atoms with Crippen molar-refractivity contribution < 1.29 is 4.42 Å². The van der Waals surface area contributed by atoms with Crippen LogP contribution in [0.15, 0.2) is 63.8 Å². The van der Waals surface area contributed by atoms with E-state index < -0.39 is 0 Å². The highest BCUT2D eigenvalue weighted by Gasteiger charge is 2.26. The lowest BCUT2D eigenvalue weighted by molar-refractivity contribution is 0.582. The summed E-state index contributed by atoms with van der Waals surface area (Å²) < 4.78 is 5.41. The summed E-state index contributed by atoms with van der Waals surface area (Å²) in [6.45, 7) is 4.42. The van der Waals surface area contributed by atoms with Crippen LogP contribution in [-0.4, -0.2) is 6.21 Å². The third-order valence-corrected chi connectivity index (χ3v) is 3.70. The van der Waals surface area contributed by atoms with Gasteiger partial charge in [0.1, 0.15) is 5.76 Å². The first-order chi connectivity index (χ1) is 9.18. The van der Waals surface area contributed by atoms with Gasteiger partial charge in [0.25, 0.3) is 0 Å². The van der Waals surface area contributed by atoms with Gasteiger partial charge in [-0.05, 0) is 17.7 Å². The number of nitrogens with zero attached hydrogens (tertiary/aromatic N) is 1. The quantitative estimate of drug-likeness (QED) is 0.783. The van der Waals surface area contributed by atoms with Crippen LogP contribution >= 0.6 is 0 Å². The molecule has 1 aliphatic heterocycles. The average Bonchev–Trinajstić information content (AvgIpc) is 3.12. The van der Waals surface area contributed by atoms with Gasteiger partial charge in [0.2, 0.25) is 0 Å². The van der Waals surface area contributed by atoms with Gasteiger partial charge in [0.15, 0.2) is 0 Å². The lowest BCUT2D eigenvalue weighted by Gasteiger charge is -2.25. The first-order valence-electron chi connectivity index (χ1n) is 6.55. The first kappa shape index (κ1) is 12.0. The molecule has 2 heteroatoms. The Morgan fingerprint density at radius 2 is 1.89 bits per heavy atom. The molecule has 0 bridgehead atoms. The highest BCUT2D eigenvalue weighted by Crippen LogP contribution is 2.35. The number of hydrogen-bond acceptors (Lipinski definition) is 2. The molecule has 0 N–H and O–H groups in total. The van der Waals surface area contributed by atoms with Crippen molar-refractivity contribution in [2.24, 2.45) is 4.99 Å². The molecule has 96 valence electrons. The fourth-order valence-electron chi connectivity index (χ4n) is 2.43. The van der Waals surface area contributed by atoms with E-state index in [9.17, 15) is 0 Å². The van der Waals surface area contributed by atoms with Gasteiger partial charge in [0.05, 0.1) is 6.26 Å². The molecule has 0 atom stereocenters. The lowest BCUT2D eigenvalue weighted by atomic mass is 9.81. The minimum Gasteiger partial charge on any atom is -0.464 e. The summed E-state index contributed by atoms with van der Waals surface area (Å²) in [5.41, 5.74) is 3.48. The Balaban J connectivity index is 1.92. The van der Waals surface area contributed by atoms with E-state index in [1.165, 1.54) is 5.56 Å². The van der Waals surface area contributed by atoms with E-state index in [4.69, 9.17) is 4.42 Å². The van der Waals surface area contributed by atoms with Crippen molar-refractivity contribution in [3.8, 4) is 11.3 Å². The first-order valence-corrected chi connectivity index (χ1v) is 6.55. The molecule has 19 heavy (non-hydrogen) atoms. The molecule has 1 aliphatic rings. The largest absolute Gasteiger partial charge is 0.464 e. The lowest BCUT2D eigenvalue weighted by Crippen LogP contribution is -2.18. The molecule has 0 amide bonds. The summed E-state index contributed by atoms with van der Waals surface area (Å²) in [7, 11) is 0. The minimum absolute atomic E-state index is 0.0469. The number of furan rings is 1. The van der Waals surface area contributed by atoms with Gasteiger partial charge in [0, 0.05) is 29.3 Å². The Bertz CT molecular complexity index is 616. The number of rotatable bonds is 3. The highest BCUT2D eigenvalue weighted by molar-refractivity contribution is 5.66. The van der Waals surface area contributed by atoms with Crippen molar-refractivity contribution >= 4 is 6.21 Å². The van der Waals surface area contributed by atoms with Crippen LogP contribution in [0, 0.1) is 0 Å². The van der Waals surface area contributed by atoms with Crippen LogP contribution in [0.1, 0.15) is 25.8 Å². The molecule has 3 rings (SSSR count). The van der Waals surface area contributed by atoms with Crippen molar-refractivity contribution in [1.29, 1.82) is 0 Å². The Morgan fingerprint density at radius 1 is 1.11 bits per heavy atom.